The minimum Gasteiger partial charge on any atom is -0.497 e. The summed E-state index contributed by atoms with van der Waals surface area (Å²) in [7, 11) is 3.18. The van der Waals surface area contributed by atoms with Crippen molar-refractivity contribution in [1.29, 1.82) is 0 Å². The van der Waals surface area contributed by atoms with Crippen molar-refractivity contribution >= 4 is 11.0 Å². The zero-order valence-electron chi connectivity index (χ0n) is 16.8. The summed E-state index contributed by atoms with van der Waals surface area (Å²) in [5, 5.41) is 4.12. The van der Waals surface area contributed by atoms with Crippen LogP contribution in [0, 0.1) is 0 Å². The molecule has 1 N–H and O–H groups in total. The Morgan fingerprint density at radius 2 is 1.77 bits per heavy atom. The van der Waals surface area contributed by atoms with E-state index < -0.39 is 0 Å². The van der Waals surface area contributed by atoms with Crippen molar-refractivity contribution in [2.24, 2.45) is 0 Å². The van der Waals surface area contributed by atoms with E-state index in [-0.39, 0.29) is 11.7 Å². The topological polar surface area (TPSA) is 95.2 Å². The quantitative estimate of drug-likeness (QED) is 0.534. The van der Waals surface area contributed by atoms with Crippen LogP contribution in [0.2, 0.25) is 0 Å². The van der Waals surface area contributed by atoms with Gasteiger partial charge in [-0.3, -0.25) is 4.57 Å². The van der Waals surface area contributed by atoms with Gasteiger partial charge in [-0.1, -0.05) is 18.0 Å². The highest BCUT2D eigenvalue weighted by Gasteiger charge is 2.22. The predicted molar refractivity (Wildman–Crippen MR) is 112 cm³/mol. The molecule has 1 aliphatic rings. The smallest absolute Gasteiger partial charge is 0.326 e. The van der Waals surface area contributed by atoms with Crippen LogP contribution >= 0.6 is 0 Å². The molecule has 154 valence electrons. The molecule has 0 bridgehead atoms. The Morgan fingerprint density at radius 1 is 1.03 bits per heavy atom. The number of ether oxygens (including phenoxy) is 2. The second-order valence-electron chi connectivity index (χ2n) is 7.49. The van der Waals surface area contributed by atoms with Crippen LogP contribution in [0.4, 0.5) is 0 Å². The molecule has 2 heterocycles. The minimum absolute atomic E-state index is 0.0636. The zero-order chi connectivity index (χ0) is 20.7. The number of rotatable bonds is 5. The van der Waals surface area contributed by atoms with E-state index in [0.717, 1.165) is 29.4 Å². The molecule has 30 heavy (non-hydrogen) atoms. The van der Waals surface area contributed by atoms with Gasteiger partial charge in [-0.15, -0.1) is 0 Å². The van der Waals surface area contributed by atoms with Gasteiger partial charge in [0.15, 0.2) is 0 Å². The third kappa shape index (κ3) is 3.14. The molecule has 0 unspecified atom stereocenters. The Labute approximate surface area is 172 Å². The van der Waals surface area contributed by atoms with Crippen LogP contribution in [-0.4, -0.2) is 33.9 Å². The highest BCUT2D eigenvalue weighted by molar-refractivity contribution is 5.81. The largest absolute Gasteiger partial charge is 0.497 e. The predicted octanol–water partition coefficient (Wildman–Crippen LogP) is 4.18. The molecule has 0 saturated heterocycles. The van der Waals surface area contributed by atoms with Gasteiger partial charge in [0.05, 0.1) is 25.3 Å². The van der Waals surface area contributed by atoms with E-state index in [0.29, 0.717) is 28.8 Å². The number of imidazole rings is 1. The molecule has 0 spiro atoms. The number of aromatic nitrogens is 4. The van der Waals surface area contributed by atoms with E-state index in [1.807, 2.05) is 34.9 Å². The molecule has 8 nitrogen and oxygen atoms in total. The molecule has 2 aromatic heterocycles. The maximum atomic E-state index is 12.5. The number of hydrogen-bond acceptors (Lipinski definition) is 6. The van der Waals surface area contributed by atoms with Crippen molar-refractivity contribution in [2.75, 3.05) is 14.2 Å². The molecule has 0 atom stereocenters. The lowest BCUT2D eigenvalue weighted by atomic mass is 10.1. The summed E-state index contributed by atoms with van der Waals surface area (Å²) in [6.07, 6.45) is 4.44. The van der Waals surface area contributed by atoms with Crippen LogP contribution in [0.1, 0.15) is 31.7 Å². The summed E-state index contributed by atoms with van der Waals surface area (Å²) >= 11 is 0. The lowest BCUT2D eigenvalue weighted by Crippen LogP contribution is -2.20. The first kappa shape index (κ1) is 18.5. The maximum absolute atomic E-state index is 12.5. The fourth-order valence-electron chi connectivity index (χ4n) is 4.18. The van der Waals surface area contributed by atoms with Crippen LogP contribution < -0.4 is 15.2 Å². The Morgan fingerprint density at radius 3 is 2.47 bits per heavy atom. The number of hydrogen-bond donors (Lipinski definition) is 1. The highest BCUT2D eigenvalue weighted by atomic mass is 16.5. The third-order valence-electron chi connectivity index (χ3n) is 5.69. The monoisotopic (exact) mass is 406 g/mol. The van der Waals surface area contributed by atoms with Crippen LogP contribution in [0.3, 0.4) is 0 Å². The number of methoxy groups -OCH3 is 2. The van der Waals surface area contributed by atoms with Gasteiger partial charge < -0.3 is 19.0 Å². The van der Waals surface area contributed by atoms with Gasteiger partial charge >= 0.3 is 5.69 Å². The van der Waals surface area contributed by atoms with E-state index in [2.05, 4.69) is 15.1 Å². The number of nitrogens with zero attached hydrogens (tertiary/aromatic N) is 3. The molecular weight excluding hydrogens is 384 g/mol. The lowest BCUT2D eigenvalue weighted by Gasteiger charge is -2.11. The zero-order valence-corrected chi connectivity index (χ0v) is 16.8. The molecule has 1 aliphatic carbocycles. The van der Waals surface area contributed by atoms with Crippen molar-refractivity contribution in [1.82, 2.24) is 19.7 Å². The normalized spacial score (nSPS) is 14.5. The first-order chi connectivity index (χ1) is 14.7. The van der Waals surface area contributed by atoms with Gasteiger partial charge in [-0.05, 0) is 43.2 Å². The van der Waals surface area contributed by atoms with Gasteiger partial charge in [-0.25, -0.2) is 4.79 Å². The first-order valence-electron chi connectivity index (χ1n) is 9.98. The second-order valence-corrected chi connectivity index (χ2v) is 7.49. The van der Waals surface area contributed by atoms with E-state index >= 15 is 0 Å². The van der Waals surface area contributed by atoms with Crippen LogP contribution in [0.5, 0.6) is 11.5 Å². The van der Waals surface area contributed by atoms with Crippen molar-refractivity contribution in [3.8, 4) is 34.3 Å². The van der Waals surface area contributed by atoms with Gasteiger partial charge in [0.25, 0.3) is 5.89 Å². The molecule has 5 rings (SSSR count). The fraction of sp³-hybridized carbons (Fsp3) is 0.318. The van der Waals surface area contributed by atoms with Gasteiger partial charge in [0.1, 0.15) is 11.5 Å². The molecule has 0 amide bonds. The lowest BCUT2D eigenvalue weighted by molar-refractivity contribution is 0.393. The van der Waals surface area contributed by atoms with Crippen molar-refractivity contribution in [2.45, 2.75) is 31.7 Å². The Hall–Kier alpha value is -3.55. The summed E-state index contributed by atoms with van der Waals surface area (Å²) in [6.45, 7) is 0. The number of fused-ring (bicyclic) bond motifs is 1. The number of H-pyrrole nitrogens is 1. The first-order valence-corrected chi connectivity index (χ1v) is 9.98. The molecule has 1 fully saturated rings. The van der Waals surface area contributed by atoms with Gasteiger partial charge in [0, 0.05) is 23.2 Å². The molecule has 1 saturated carbocycles. The fourth-order valence-corrected chi connectivity index (χ4v) is 4.18. The van der Waals surface area contributed by atoms with E-state index in [1.54, 1.807) is 20.3 Å². The Balaban J connectivity index is 1.51. The Kier molecular flexibility index (Phi) is 4.54. The van der Waals surface area contributed by atoms with E-state index in [1.165, 1.54) is 12.8 Å². The summed E-state index contributed by atoms with van der Waals surface area (Å²) < 4.78 is 18.0. The number of aromatic amines is 1. The highest BCUT2D eigenvalue weighted by Crippen LogP contribution is 2.33. The summed E-state index contributed by atoms with van der Waals surface area (Å²) in [6, 6.07) is 11.4. The standard InChI is InChI=1S/C22H22N4O4/c1-28-16-9-14(10-17(12-16)29-2)21-24-20(25-30-21)13-7-8-19-18(11-13)23-22(27)26(19)15-5-3-4-6-15/h7-12,15H,3-6H2,1-2H3,(H,23,27). The summed E-state index contributed by atoms with van der Waals surface area (Å²) in [4.78, 5) is 20.0. The van der Waals surface area contributed by atoms with Crippen LogP contribution in [0.15, 0.2) is 45.7 Å². The van der Waals surface area contributed by atoms with Crippen molar-refractivity contribution < 1.29 is 14.0 Å². The average Bonchev–Trinajstić information content (AvgIpc) is 3.51. The second kappa shape index (κ2) is 7.37. The number of benzene rings is 2. The SMILES string of the molecule is COc1cc(OC)cc(-c2nc(-c3ccc4c(c3)[nH]c(=O)n4C3CCCC3)no2)c1. The van der Waals surface area contributed by atoms with Crippen molar-refractivity contribution in [3.63, 3.8) is 0 Å². The molecule has 0 aliphatic heterocycles. The molecule has 8 heteroatoms. The van der Waals surface area contributed by atoms with Gasteiger partial charge in [0.2, 0.25) is 5.82 Å². The summed E-state index contributed by atoms with van der Waals surface area (Å²) in [5.74, 6) is 2.08. The molecular formula is C22H22N4O4. The minimum atomic E-state index is -0.0636. The average molecular weight is 406 g/mol. The van der Waals surface area contributed by atoms with E-state index in [4.69, 9.17) is 14.0 Å². The molecule has 2 aromatic carbocycles. The maximum Gasteiger partial charge on any atom is 0.326 e. The van der Waals surface area contributed by atoms with Crippen molar-refractivity contribution in [3.05, 3.63) is 46.9 Å². The molecule has 4 aromatic rings. The number of nitrogens with one attached hydrogen (secondary N) is 1. The molecule has 0 radical (unpaired) electrons. The van der Waals surface area contributed by atoms with E-state index in [9.17, 15) is 4.79 Å². The van der Waals surface area contributed by atoms with Crippen LogP contribution in [-0.2, 0) is 0 Å². The van der Waals surface area contributed by atoms with Crippen LogP contribution in [0.25, 0.3) is 33.9 Å². The third-order valence-corrected chi connectivity index (χ3v) is 5.69. The Bertz CT molecular complexity index is 1240. The summed E-state index contributed by atoms with van der Waals surface area (Å²) in [5.41, 5.74) is 3.10. The van der Waals surface area contributed by atoms with Gasteiger partial charge in [-0.2, -0.15) is 4.98 Å².